The summed E-state index contributed by atoms with van der Waals surface area (Å²) in [5.41, 5.74) is 3.18. The molecule has 0 saturated heterocycles. The zero-order valence-electron chi connectivity index (χ0n) is 13.8. The Hall–Kier alpha value is -2.16. The summed E-state index contributed by atoms with van der Waals surface area (Å²) in [6.07, 6.45) is 3.59. The number of pyridine rings is 1. The Kier molecular flexibility index (Phi) is 6.43. The van der Waals surface area contributed by atoms with Gasteiger partial charge in [0.25, 0.3) is 5.91 Å². The highest BCUT2D eigenvalue weighted by atomic mass is 35.5. The second kappa shape index (κ2) is 8.98. The van der Waals surface area contributed by atoms with Crippen LogP contribution in [0.15, 0.2) is 48.1 Å². The molecule has 0 bridgehead atoms. The third-order valence-corrected chi connectivity index (χ3v) is 5.43. The molecule has 0 aliphatic rings. The number of carbonyl (C=O) groups excluding carboxylic acids is 1. The first-order valence-electron chi connectivity index (χ1n) is 7.71. The van der Waals surface area contributed by atoms with Crippen molar-refractivity contribution >= 4 is 51.6 Å². The van der Waals surface area contributed by atoms with E-state index in [9.17, 15) is 4.79 Å². The molecule has 0 radical (unpaired) electrons. The molecule has 1 unspecified atom stereocenters. The maximum Gasteiger partial charge on any atom is 0.259 e. The Bertz CT molecular complexity index is 858. The number of halogens is 1. The lowest BCUT2D eigenvalue weighted by Crippen LogP contribution is -2.13. The van der Waals surface area contributed by atoms with E-state index in [1.54, 1.807) is 29.4 Å². The molecule has 1 aromatic carbocycles. The van der Waals surface area contributed by atoms with Crippen molar-refractivity contribution in [1.82, 2.24) is 15.2 Å². The molecule has 2 aromatic heterocycles. The van der Waals surface area contributed by atoms with Gasteiger partial charge in [0, 0.05) is 23.0 Å². The minimum Gasteiger partial charge on any atom is -0.369 e. The minimum atomic E-state index is -0.262. The van der Waals surface area contributed by atoms with Crippen molar-refractivity contribution < 1.29 is 4.79 Å². The van der Waals surface area contributed by atoms with Crippen LogP contribution in [0, 0.1) is 0 Å². The summed E-state index contributed by atoms with van der Waals surface area (Å²) >= 11 is 9.07. The number of rotatable bonds is 7. The number of hydrogen-bond acceptors (Lipinski definition) is 7. The van der Waals surface area contributed by atoms with Crippen molar-refractivity contribution in [1.29, 1.82) is 0 Å². The third kappa shape index (κ3) is 4.94. The van der Waals surface area contributed by atoms with E-state index < -0.39 is 0 Å². The van der Waals surface area contributed by atoms with E-state index in [4.69, 9.17) is 11.6 Å². The van der Waals surface area contributed by atoms with Crippen molar-refractivity contribution in [2.24, 2.45) is 0 Å². The Morgan fingerprint density at radius 3 is 2.88 bits per heavy atom. The van der Waals surface area contributed by atoms with Gasteiger partial charge >= 0.3 is 0 Å². The van der Waals surface area contributed by atoms with Crippen LogP contribution < -0.4 is 10.6 Å². The standard InChI is InChI=1S/C17H16ClN5OS2/c1-25-14(11-3-2-4-13(18)7-11)9-20-15-6-5-12(8-19-15)16(24)22-17-23-21-10-26-17/h2-8,10,14H,9H2,1H3,(H,19,20)(H,22,23,24). The maximum absolute atomic E-state index is 12.1. The average molecular weight is 406 g/mol. The van der Waals surface area contributed by atoms with Crippen LogP contribution >= 0.6 is 34.7 Å². The van der Waals surface area contributed by atoms with Crippen LogP contribution in [0.4, 0.5) is 10.9 Å². The molecule has 6 nitrogen and oxygen atoms in total. The van der Waals surface area contributed by atoms with Gasteiger partial charge in [0.15, 0.2) is 0 Å². The van der Waals surface area contributed by atoms with E-state index in [0.717, 1.165) is 10.6 Å². The highest BCUT2D eigenvalue weighted by Crippen LogP contribution is 2.28. The fourth-order valence-corrected chi connectivity index (χ4v) is 3.58. The van der Waals surface area contributed by atoms with Gasteiger partial charge in [-0.05, 0) is 36.1 Å². The van der Waals surface area contributed by atoms with Gasteiger partial charge in [0.05, 0.1) is 5.56 Å². The summed E-state index contributed by atoms with van der Waals surface area (Å²) in [6, 6.07) is 11.3. The predicted octanol–water partition coefficient (Wildman–Crippen LogP) is 4.36. The second-order valence-corrected chi connectivity index (χ2v) is 7.60. The topological polar surface area (TPSA) is 79.8 Å². The van der Waals surface area contributed by atoms with Crippen molar-refractivity contribution in [2.45, 2.75) is 5.25 Å². The largest absolute Gasteiger partial charge is 0.369 e. The number of nitrogens with zero attached hydrogens (tertiary/aromatic N) is 3. The average Bonchev–Trinajstić information content (AvgIpc) is 3.16. The SMILES string of the molecule is CSC(CNc1ccc(C(=O)Nc2nncs2)cn1)c1cccc(Cl)c1. The van der Waals surface area contributed by atoms with Gasteiger partial charge < -0.3 is 5.32 Å². The Morgan fingerprint density at radius 2 is 2.23 bits per heavy atom. The Labute approximate surface area is 164 Å². The number of carbonyl (C=O) groups is 1. The molecule has 0 aliphatic heterocycles. The van der Waals surface area contributed by atoms with Crippen molar-refractivity contribution in [3.05, 3.63) is 64.3 Å². The molecule has 0 aliphatic carbocycles. The maximum atomic E-state index is 12.1. The molecule has 2 heterocycles. The number of aromatic nitrogens is 3. The molecule has 1 atom stereocenters. The van der Waals surface area contributed by atoms with Crippen LogP contribution in [0.1, 0.15) is 21.2 Å². The molecule has 2 N–H and O–H groups in total. The van der Waals surface area contributed by atoms with Crippen molar-refractivity contribution in [2.75, 3.05) is 23.4 Å². The Morgan fingerprint density at radius 1 is 1.35 bits per heavy atom. The summed E-state index contributed by atoms with van der Waals surface area (Å²) in [5.74, 6) is 0.445. The van der Waals surface area contributed by atoms with Gasteiger partial charge in [-0.1, -0.05) is 35.1 Å². The van der Waals surface area contributed by atoms with Gasteiger partial charge in [0.1, 0.15) is 11.3 Å². The molecule has 1 amide bonds. The van der Waals surface area contributed by atoms with Gasteiger partial charge in [-0.3, -0.25) is 10.1 Å². The monoisotopic (exact) mass is 405 g/mol. The van der Waals surface area contributed by atoms with E-state index in [1.165, 1.54) is 17.5 Å². The van der Waals surface area contributed by atoms with Gasteiger partial charge in [-0.2, -0.15) is 11.8 Å². The first-order chi connectivity index (χ1) is 12.7. The molecular weight excluding hydrogens is 390 g/mol. The molecule has 134 valence electrons. The number of anilines is 2. The van der Waals surface area contributed by atoms with E-state index in [2.05, 4.69) is 38.1 Å². The zero-order valence-corrected chi connectivity index (χ0v) is 16.2. The lowest BCUT2D eigenvalue weighted by Gasteiger charge is -2.16. The van der Waals surface area contributed by atoms with Crippen LogP contribution in [-0.4, -0.2) is 33.9 Å². The fourth-order valence-electron chi connectivity index (χ4n) is 2.27. The predicted molar refractivity (Wildman–Crippen MR) is 108 cm³/mol. The van der Waals surface area contributed by atoms with Crippen molar-refractivity contribution in [3.63, 3.8) is 0 Å². The van der Waals surface area contributed by atoms with E-state index in [0.29, 0.717) is 23.1 Å². The van der Waals surface area contributed by atoms with E-state index >= 15 is 0 Å². The van der Waals surface area contributed by atoms with Gasteiger partial charge in [0.2, 0.25) is 5.13 Å². The third-order valence-electron chi connectivity index (χ3n) is 3.58. The first kappa shape index (κ1) is 18.6. The number of hydrogen-bond donors (Lipinski definition) is 2. The second-order valence-electron chi connectivity index (χ2n) is 5.29. The summed E-state index contributed by atoms with van der Waals surface area (Å²) in [7, 11) is 0. The summed E-state index contributed by atoms with van der Waals surface area (Å²) in [4.78, 5) is 16.4. The molecule has 9 heteroatoms. The molecule has 3 aromatic rings. The van der Waals surface area contributed by atoms with Gasteiger partial charge in [-0.15, -0.1) is 10.2 Å². The van der Waals surface area contributed by atoms with Crippen LogP contribution in [0.3, 0.4) is 0 Å². The molecule has 0 fully saturated rings. The van der Waals surface area contributed by atoms with Gasteiger partial charge in [-0.25, -0.2) is 4.98 Å². The molecular formula is C17H16ClN5OS2. The molecule has 26 heavy (non-hydrogen) atoms. The van der Waals surface area contributed by atoms with E-state index in [1.807, 2.05) is 18.2 Å². The smallest absolute Gasteiger partial charge is 0.259 e. The molecule has 0 saturated carbocycles. The lowest BCUT2D eigenvalue weighted by atomic mass is 10.1. The molecule has 0 spiro atoms. The molecule has 3 rings (SSSR count). The van der Waals surface area contributed by atoms with E-state index in [-0.39, 0.29) is 11.2 Å². The van der Waals surface area contributed by atoms with Crippen LogP contribution in [-0.2, 0) is 0 Å². The Balaban J connectivity index is 1.59. The number of nitrogens with one attached hydrogen (secondary N) is 2. The lowest BCUT2D eigenvalue weighted by molar-refractivity contribution is 0.102. The minimum absolute atomic E-state index is 0.246. The quantitative estimate of drug-likeness (QED) is 0.608. The number of benzene rings is 1. The summed E-state index contributed by atoms with van der Waals surface area (Å²) in [6.45, 7) is 0.699. The van der Waals surface area contributed by atoms with Crippen LogP contribution in [0.25, 0.3) is 0 Å². The van der Waals surface area contributed by atoms with Crippen LogP contribution in [0.2, 0.25) is 5.02 Å². The number of thioether (sulfide) groups is 1. The summed E-state index contributed by atoms with van der Waals surface area (Å²) in [5, 5.41) is 14.9. The normalized spacial score (nSPS) is 11.8. The zero-order chi connectivity index (χ0) is 18.4. The summed E-state index contributed by atoms with van der Waals surface area (Å²) < 4.78 is 0. The van der Waals surface area contributed by atoms with Crippen LogP contribution in [0.5, 0.6) is 0 Å². The number of amides is 1. The highest BCUT2D eigenvalue weighted by molar-refractivity contribution is 7.98. The highest BCUT2D eigenvalue weighted by Gasteiger charge is 2.12. The van der Waals surface area contributed by atoms with Crippen molar-refractivity contribution in [3.8, 4) is 0 Å². The first-order valence-corrected chi connectivity index (χ1v) is 10.3. The fraction of sp³-hybridized carbons (Fsp3) is 0.176.